The van der Waals surface area contributed by atoms with Crippen LogP contribution in [0.25, 0.3) is 11.3 Å². The van der Waals surface area contributed by atoms with Gasteiger partial charge in [0.15, 0.2) is 0 Å². The molecule has 1 aromatic heterocycles. The van der Waals surface area contributed by atoms with E-state index in [9.17, 15) is 4.79 Å². The molecule has 0 saturated carbocycles. The molecular weight excluding hydrogens is 378 g/mol. The van der Waals surface area contributed by atoms with Crippen molar-refractivity contribution in [1.29, 1.82) is 0 Å². The molecule has 1 aliphatic rings. The third kappa shape index (κ3) is 3.24. The number of aromatic nitrogens is 2. The first-order chi connectivity index (χ1) is 12.2. The van der Waals surface area contributed by atoms with Crippen LogP contribution in [-0.2, 0) is 0 Å². The zero-order valence-electron chi connectivity index (χ0n) is 13.7. The standard InChI is InChI=1S/C20H18BrN3O/c21-17-8-6-15(7-9-17)19-18(12-22-23-19)20(25)24-11-10-16(13-24)14-4-2-1-3-5-14/h1-9,12,16H,10-11,13H2,(H,22,23). The maximum absolute atomic E-state index is 13.0. The fraction of sp³-hybridized carbons (Fsp3) is 0.200. The number of nitrogens with zero attached hydrogens (tertiary/aromatic N) is 2. The van der Waals surface area contributed by atoms with Crippen LogP contribution in [0.4, 0.5) is 0 Å². The molecule has 5 heteroatoms. The predicted octanol–water partition coefficient (Wildman–Crippen LogP) is 4.47. The van der Waals surface area contributed by atoms with Gasteiger partial charge in [-0.25, -0.2) is 0 Å². The van der Waals surface area contributed by atoms with Crippen molar-refractivity contribution in [1.82, 2.24) is 15.1 Å². The highest BCUT2D eigenvalue weighted by Gasteiger charge is 2.29. The van der Waals surface area contributed by atoms with E-state index in [0.29, 0.717) is 11.5 Å². The van der Waals surface area contributed by atoms with Gasteiger partial charge >= 0.3 is 0 Å². The summed E-state index contributed by atoms with van der Waals surface area (Å²) in [7, 11) is 0. The lowest BCUT2D eigenvalue weighted by molar-refractivity contribution is 0.0791. The summed E-state index contributed by atoms with van der Waals surface area (Å²) in [4.78, 5) is 14.9. The summed E-state index contributed by atoms with van der Waals surface area (Å²) in [5.41, 5.74) is 3.68. The smallest absolute Gasteiger partial charge is 0.257 e. The Balaban J connectivity index is 1.55. The number of amides is 1. The van der Waals surface area contributed by atoms with Crippen LogP contribution in [0, 0.1) is 0 Å². The highest BCUT2D eigenvalue weighted by molar-refractivity contribution is 9.10. The van der Waals surface area contributed by atoms with Crippen LogP contribution < -0.4 is 0 Å². The Labute approximate surface area is 155 Å². The molecular formula is C20H18BrN3O. The number of likely N-dealkylation sites (tertiary alicyclic amines) is 1. The maximum Gasteiger partial charge on any atom is 0.257 e. The quantitative estimate of drug-likeness (QED) is 0.710. The number of hydrogen-bond acceptors (Lipinski definition) is 2. The highest BCUT2D eigenvalue weighted by Crippen LogP contribution is 2.30. The van der Waals surface area contributed by atoms with Crippen molar-refractivity contribution in [3.63, 3.8) is 0 Å². The van der Waals surface area contributed by atoms with Gasteiger partial charge in [0.25, 0.3) is 5.91 Å². The van der Waals surface area contributed by atoms with E-state index in [-0.39, 0.29) is 5.91 Å². The number of H-pyrrole nitrogens is 1. The molecule has 0 aliphatic carbocycles. The van der Waals surface area contributed by atoms with Gasteiger partial charge in [0, 0.05) is 29.0 Å². The van der Waals surface area contributed by atoms with Gasteiger partial charge in [-0.2, -0.15) is 5.10 Å². The summed E-state index contributed by atoms with van der Waals surface area (Å²) < 4.78 is 1.01. The van der Waals surface area contributed by atoms with E-state index in [1.54, 1.807) is 6.20 Å². The summed E-state index contributed by atoms with van der Waals surface area (Å²) in [6.07, 6.45) is 2.64. The van der Waals surface area contributed by atoms with Crippen LogP contribution in [0.15, 0.2) is 65.3 Å². The van der Waals surface area contributed by atoms with Crippen LogP contribution in [0.3, 0.4) is 0 Å². The van der Waals surface area contributed by atoms with Gasteiger partial charge in [0.1, 0.15) is 0 Å². The molecule has 1 atom stereocenters. The highest BCUT2D eigenvalue weighted by atomic mass is 79.9. The first-order valence-corrected chi connectivity index (χ1v) is 9.15. The molecule has 2 heterocycles. The van der Waals surface area contributed by atoms with Crippen LogP contribution >= 0.6 is 15.9 Å². The average molecular weight is 396 g/mol. The number of aromatic amines is 1. The molecule has 1 aliphatic heterocycles. The largest absolute Gasteiger partial charge is 0.338 e. The van der Waals surface area contributed by atoms with E-state index in [0.717, 1.165) is 35.2 Å². The number of hydrogen-bond donors (Lipinski definition) is 1. The molecule has 1 N–H and O–H groups in total. The lowest BCUT2D eigenvalue weighted by Gasteiger charge is -2.17. The second-order valence-corrected chi connectivity index (χ2v) is 7.23. The number of carbonyl (C=O) groups is 1. The Morgan fingerprint density at radius 2 is 1.88 bits per heavy atom. The summed E-state index contributed by atoms with van der Waals surface area (Å²) in [6.45, 7) is 1.54. The second-order valence-electron chi connectivity index (χ2n) is 6.31. The van der Waals surface area contributed by atoms with Crippen molar-refractivity contribution in [3.05, 3.63) is 76.4 Å². The Hall–Kier alpha value is -2.40. The van der Waals surface area contributed by atoms with Crippen molar-refractivity contribution in [3.8, 4) is 11.3 Å². The molecule has 1 saturated heterocycles. The molecule has 0 spiro atoms. The Kier molecular flexibility index (Phi) is 4.40. The Morgan fingerprint density at radius 3 is 2.64 bits per heavy atom. The molecule has 1 unspecified atom stereocenters. The summed E-state index contributed by atoms with van der Waals surface area (Å²) in [5, 5.41) is 7.08. The SMILES string of the molecule is O=C(c1cn[nH]c1-c1ccc(Br)cc1)N1CCC(c2ccccc2)C1. The first kappa shape index (κ1) is 16.1. The van der Waals surface area contributed by atoms with Gasteiger partial charge in [0.05, 0.1) is 17.5 Å². The van der Waals surface area contributed by atoms with Gasteiger partial charge in [-0.1, -0.05) is 58.4 Å². The van der Waals surface area contributed by atoms with Crippen LogP contribution in [0.5, 0.6) is 0 Å². The van der Waals surface area contributed by atoms with Crippen molar-refractivity contribution in [2.24, 2.45) is 0 Å². The zero-order valence-corrected chi connectivity index (χ0v) is 15.2. The maximum atomic E-state index is 13.0. The molecule has 1 amide bonds. The van der Waals surface area contributed by atoms with Crippen LogP contribution in [0.2, 0.25) is 0 Å². The van der Waals surface area contributed by atoms with E-state index in [1.807, 2.05) is 35.2 Å². The lowest BCUT2D eigenvalue weighted by atomic mass is 9.99. The minimum Gasteiger partial charge on any atom is -0.338 e. The molecule has 126 valence electrons. The molecule has 0 radical (unpaired) electrons. The minimum absolute atomic E-state index is 0.0464. The number of benzene rings is 2. The van der Waals surface area contributed by atoms with Gasteiger partial charge in [0.2, 0.25) is 0 Å². The van der Waals surface area contributed by atoms with Crippen LogP contribution in [0.1, 0.15) is 28.3 Å². The van der Waals surface area contributed by atoms with Gasteiger partial charge < -0.3 is 4.90 Å². The van der Waals surface area contributed by atoms with Crippen molar-refractivity contribution < 1.29 is 4.79 Å². The first-order valence-electron chi connectivity index (χ1n) is 8.36. The zero-order chi connectivity index (χ0) is 17.2. The molecule has 2 aromatic carbocycles. The lowest BCUT2D eigenvalue weighted by Crippen LogP contribution is -2.28. The Bertz CT molecular complexity index is 873. The third-order valence-electron chi connectivity index (χ3n) is 4.75. The number of carbonyl (C=O) groups excluding carboxylic acids is 1. The van der Waals surface area contributed by atoms with Gasteiger partial charge in [-0.05, 0) is 24.1 Å². The van der Waals surface area contributed by atoms with E-state index in [1.165, 1.54) is 5.56 Å². The number of rotatable bonds is 3. The molecule has 4 nitrogen and oxygen atoms in total. The number of nitrogens with one attached hydrogen (secondary N) is 1. The third-order valence-corrected chi connectivity index (χ3v) is 5.28. The summed E-state index contributed by atoms with van der Waals surface area (Å²) in [5.74, 6) is 0.457. The molecule has 0 bridgehead atoms. The predicted molar refractivity (Wildman–Crippen MR) is 101 cm³/mol. The van der Waals surface area contributed by atoms with E-state index in [4.69, 9.17) is 0 Å². The number of halogens is 1. The molecule has 4 rings (SSSR count). The van der Waals surface area contributed by atoms with Crippen molar-refractivity contribution in [2.75, 3.05) is 13.1 Å². The molecule has 25 heavy (non-hydrogen) atoms. The molecule has 3 aromatic rings. The normalized spacial score (nSPS) is 17.0. The van der Waals surface area contributed by atoms with E-state index in [2.05, 4.69) is 50.4 Å². The van der Waals surface area contributed by atoms with Gasteiger partial charge in [-0.3, -0.25) is 9.89 Å². The average Bonchev–Trinajstić information content (AvgIpc) is 3.32. The van der Waals surface area contributed by atoms with Crippen molar-refractivity contribution in [2.45, 2.75) is 12.3 Å². The van der Waals surface area contributed by atoms with E-state index >= 15 is 0 Å². The van der Waals surface area contributed by atoms with Crippen molar-refractivity contribution >= 4 is 21.8 Å². The minimum atomic E-state index is 0.0464. The fourth-order valence-corrected chi connectivity index (χ4v) is 3.66. The summed E-state index contributed by atoms with van der Waals surface area (Å²) >= 11 is 3.44. The van der Waals surface area contributed by atoms with Crippen LogP contribution in [-0.4, -0.2) is 34.1 Å². The second kappa shape index (κ2) is 6.84. The topological polar surface area (TPSA) is 49.0 Å². The van der Waals surface area contributed by atoms with E-state index < -0.39 is 0 Å². The fourth-order valence-electron chi connectivity index (χ4n) is 3.40. The monoisotopic (exact) mass is 395 g/mol. The van der Waals surface area contributed by atoms with Gasteiger partial charge in [-0.15, -0.1) is 0 Å². The summed E-state index contributed by atoms with van der Waals surface area (Å²) in [6, 6.07) is 18.3. The Morgan fingerprint density at radius 1 is 1.12 bits per heavy atom. The molecule has 1 fully saturated rings.